The second-order valence-electron chi connectivity index (χ2n) is 8.92. The first kappa shape index (κ1) is 21.1. The number of aryl methyl sites for hydroxylation is 2. The van der Waals surface area contributed by atoms with Gasteiger partial charge in [0.05, 0.1) is 5.69 Å². The number of unbranched alkanes of at least 4 members (excludes halogenated alkanes) is 2. The van der Waals surface area contributed by atoms with Crippen LogP contribution in [0.15, 0.2) is 42.6 Å². The van der Waals surface area contributed by atoms with E-state index in [-0.39, 0.29) is 0 Å². The maximum absolute atomic E-state index is 4.75. The Morgan fingerprint density at radius 2 is 1.39 bits per heavy atom. The Bertz CT molecular complexity index is 662. The van der Waals surface area contributed by atoms with Gasteiger partial charge in [-0.15, -0.1) is 0 Å². The van der Waals surface area contributed by atoms with Gasteiger partial charge in [0, 0.05) is 11.8 Å². The Hall–Kier alpha value is -1.63. The molecule has 28 heavy (non-hydrogen) atoms. The van der Waals surface area contributed by atoms with Crippen LogP contribution >= 0.6 is 0 Å². The number of aromatic nitrogens is 1. The first-order chi connectivity index (χ1) is 13.8. The lowest BCUT2D eigenvalue weighted by Gasteiger charge is -2.28. The van der Waals surface area contributed by atoms with Gasteiger partial charge >= 0.3 is 0 Å². The van der Waals surface area contributed by atoms with Crippen molar-refractivity contribution in [3.63, 3.8) is 0 Å². The van der Waals surface area contributed by atoms with Crippen molar-refractivity contribution in [2.45, 2.75) is 90.9 Å². The Kier molecular flexibility index (Phi) is 8.58. The number of hydrogen-bond donors (Lipinski definition) is 0. The van der Waals surface area contributed by atoms with Crippen LogP contribution in [-0.4, -0.2) is 4.98 Å². The molecule has 1 aliphatic carbocycles. The number of hydrogen-bond acceptors (Lipinski definition) is 1. The Balaban J connectivity index is 1.46. The van der Waals surface area contributed by atoms with E-state index in [9.17, 15) is 0 Å². The smallest absolute Gasteiger partial charge is 0.0702 e. The highest BCUT2D eigenvalue weighted by Crippen LogP contribution is 2.33. The molecule has 0 unspecified atom stereocenters. The van der Waals surface area contributed by atoms with Gasteiger partial charge in [-0.2, -0.15) is 0 Å². The highest BCUT2D eigenvalue weighted by molar-refractivity contribution is 5.59. The van der Waals surface area contributed by atoms with Crippen LogP contribution in [0.25, 0.3) is 11.3 Å². The minimum absolute atomic E-state index is 0.938. The summed E-state index contributed by atoms with van der Waals surface area (Å²) in [6.45, 7) is 4.58. The summed E-state index contributed by atoms with van der Waals surface area (Å²) in [5.41, 5.74) is 5.18. The van der Waals surface area contributed by atoms with E-state index in [4.69, 9.17) is 4.98 Å². The molecular formula is C27H39N. The van der Waals surface area contributed by atoms with Crippen molar-refractivity contribution in [3.8, 4) is 11.3 Å². The van der Waals surface area contributed by atoms with E-state index in [2.05, 4.69) is 56.4 Å². The maximum atomic E-state index is 4.75. The fourth-order valence-electron chi connectivity index (χ4n) is 4.75. The largest absolute Gasteiger partial charge is 0.256 e. The molecule has 1 fully saturated rings. The van der Waals surface area contributed by atoms with Crippen molar-refractivity contribution < 1.29 is 0 Å². The fraction of sp³-hybridized carbons (Fsp3) is 0.593. The van der Waals surface area contributed by atoms with Crippen molar-refractivity contribution in [1.82, 2.24) is 4.98 Å². The van der Waals surface area contributed by atoms with Crippen LogP contribution < -0.4 is 0 Å². The fourth-order valence-corrected chi connectivity index (χ4v) is 4.75. The number of pyridine rings is 1. The van der Waals surface area contributed by atoms with Crippen LogP contribution in [0.4, 0.5) is 0 Å². The topological polar surface area (TPSA) is 12.9 Å². The molecule has 0 aliphatic heterocycles. The van der Waals surface area contributed by atoms with Crippen LogP contribution in [0.3, 0.4) is 0 Å². The van der Waals surface area contributed by atoms with Gasteiger partial charge in [-0.1, -0.05) is 95.5 Å². The summed E-state index contributed by atoms with van der Waals surface area (Å²) in [5.74, 6) is 1.95. The van der Waals surface area contributed by atoms with Gasteiger partial charge < -0.3 is 0 Å². The van der Waals surface area contributed by atoms with Crippen LogP contribution in [-0.2, 0) is 12.8 Å². The van der Waals surface area contributed by atoms with Gasteiger partial charge in [-0.25, -0.2) is 0 Å². The number of nitrogens with zero attached hydrogens (tertiary/aromatic N) is 1. The molecule has 1 saturated carbocycles. The molecule has 0 radical (unpaired) electrons. The molecule has 1 heterocycles. The summed E-state index contributed by atoms with van der Waals surface area (Å²) in [6, 6.07) is 13.5. The lowest BCUT2D eigenvalue weighted by molar-refractivity contribution is 0.252. The minimum Gasteiger partial charge on any atom is -0.256 e. The van der Waals surface area contributed by atoms with Crippen molar-refractivity contribution in [1.29, 1.82) is 0 Å². The molecule has 2 aromatic rings. The standard InChI is InChI=1S/C27H39N/c1-3-5-6-8-23-15-18-26(19-16-23)27-20-17-25(21-28-27)14-13-24-11-9-22(7-4-2)10-12-24/h15-22,24H,3-14H2,1-2H3. The summed E-state index contributed by atoms with van der Waals surface area (Å²) in [5, 5.41) is 0. The monoisotopic (exact) mass is 377 g/mol. The second-order valence-corrected chi connectivity index (χ2v) is 8.92. The zero-order valence-electron chi connectivity index (χ0n) is 18.1. The predicted octanol–water partition coefficient (Wildman–Crippen LogP) is 8.02. The van der Waals surface area contributed by atoms with E-state index in [1.807, 2.05) is 0 Å². The highest BCUT2D eigenvalue weighted by Gasteiger charge is 2.20. The van der Waals surface area contributed by atoms with Gasteiger partial charge in [0.2, 0.25) is 0 Å². The third kappa shape index (κ3) is 6.47. The van der Waals surface area contributed by atoms with Crippen LogP contribution in [0.1, 0.15) is 89.2 Å². The Morgan fingerprint density at radius 1 is 0.714 bits per heavy atom. The lowest BCUT2D eigenvalue weighted by Crippen LogP contribution is -2.15. The molecule has 0 saturated heterocycles. The van der Waals surface area contributed by atoms with E-state index >= 15 is 0 Å². The molecule has 1 aliphatic rings. The zero-order chi connectivity index (χ0) is 19.6. The van der Waals surface area contributed by atoms with Gasteiger partial charge in [0.25, 0.3) is 0 Å². The van der Waals surface area contributed by atoms with Crippen molar-refractivity contribution in [2.24, 2.45) is 11.8 Å². The van der Waals surface area contributed by atoms with E-state index in [0.29, 0.717) is 0 Å². The predicted molar refractivity (Wildman–Crippen MR) is 122 cm³/mol. The van der Waals surface area contributed by atoms with E-state index in [1.54, 1.807) is 0 Å². The van der Waals surface area contributed by atoms with E-state index < -0.39 is 0 Å². The van der Waals surface area contributed by atoms with Crippen LogP contribution in [0, 0.1) is 11.8 Å². The first-order valence-corrected chi connectivity index (χ1v) is 11.8. The molecule has 3 rings (SSSR count). The average Bonchev–Trinajstić information content (AvgIpc) is 2.75. The molecule has 0 atom stereocenters. The average molecular weight is 378 g/mol. The Morgan fingerprint density at radius 3 is 2.00 bits per heavy atom. The van der Waals surface area contributed by atoms with Crippen molar-refractivity contribution in [2.75, 3.05) is 0 Å². The summed E-state index contributed by atoms with van der Waals surface area (Å²) < 4.78 is 0. The third-order valence-corrected chi connectivity index (χ3v) is 6.65. The molecule has 1 aromatic heterocycles. The molecule has 1 aromatic carbocycles. The second kappa shape index (κ2) is 11.4. The summed E-state index contributed by atoms with van der Waals surface area (Å²) in [7, 11) is 0. The summed E-state index contributed by atoms with van der Waals surface area (Å²) in [6.07, 6.45) is 18.3. The third-order valence-electron chi connectivity index (χ3n) is 6.65. The van der Waals surface area contributed by atoms with Gasteiger partial charge in [-0.05, 0) is 54.7 Å². The summed E-state index contributed by atoms with van der Waals surface area (Å²) >= 11 is 0. The van der Waals surface area contributed by atoms with E-state index in [1.165, 1.54) is 93.7 Å². The number of rotatable bonds is 10. The minimum atomic E-state index is 0.938. The summed E-state index contributed by atoms with van der Waals surface area (Å²) in [4.78, 5) is 4.75. The highest BCUT2D eigenvalue weighted by atomic mass is 14.7. The quantitative estimate of drug-likeness (QED) is 0.382. The van der Waals surface area contributed by atoms with Crippen molar-refractivity contribution in [3.05, 3.63) is 53.7 Å². The van der Waals surface area contributed by atoms with Crippen LogP contribution in [0.5, 0.6) is 0 Å². The maximum Gasteiger partial charge on any atom is 0.0702 e. The SMILES string of the molecule is CCCCCc1ccc(-c2ccc(CCC3CCC(CCC)CC3)cn2)cc1. The van der Waals surface area contributed by atoms with Gasteiger partial charge in [0.15, 0.2) is 0 Å². The Labute approximate surface area is 173 Å². The molecule has 0 spiro atoms. The zero-order valence-corrected chi connectivity index (χ0v) is 18.1. The molecule has 0 amide bonds. The lowest BCUT2D eigenvalue weighted by atomic mass is 9.78. The van der Waals surface area contributed by atoms with Gasteiger partial charge in [0.1, 0.15) is 0 Å². The molecule has 1 nitrogen and oxygen atoms in total. The van der Waals surface area contributed by atoms with E-state index in [0.717, 1.165) is 17.5 Å². The normalized spacial score (nSPS) is 19.6. The number of benzene rings is 1. The molecule has 1 heteroatoms. The molecule has 152 valence electrons. The first-order valence-electron chi connectivity index (χ1n) is 11.8. The van der Waals surface area contributed by atoms with Gasteiger partial charge in [-0.3, -0.25) is 4.98 Å². The molecule has 0 bridgehead atoms. The van der Waals surface area contributed by atoms with Crippen molar-refractivity contribution >= 4 is 0 Å². The van der Waals surface area contributed by atoms with Crippen LogP contribution in [0.2, 0.25) is 0 Å². The molecular weight excluding hydrogens is 338 g/mol. The molecule has 0 N–H and O–H groups in total.